The fourth-order valence-electron chi connectivity index (χ4n) is 2.81. The molecule has 9 heteroatoms. The van der Waals surface area contributed by atoms with Gasteiger partial charge < -0.3 is 20.1 Å². The molecule has 3 rings (SSSR count). The van der Waals surface area contributed by atoms with Crippen LogP contribution in [0.25, 0.3) is 0 Å². The lowest BCUT2D eigenvalue weighted by molar-refractivity contribution is 0.117. The van der Waals surface area contributed by atoms with Crippen molar-refractivity contribution in [1.82, 2.24) is 14.2 Å². The summed E-state index contributed by atoms with van der Waals surface area (Å²) < 4.78 is 32.3. The van der Waals surface area contributed by atoms with Gasteiger partial charge in [0.25, 0.3) is 0 Å². The van der Waals surface area contributed by atoms with Gasteiger partial charge in [-0.25, -0.2) is 13.4 Å². The Morgan fingerprint density at radius 1 is 1.14 bits per heavy atom. The number of sulfonamides is 1. The lowest BCUT2D eigenvalue weighted by Gasteiger charge is -2.31. The summed E-state index contributed by atoms with van der Waals surface area (Å²) in [6.07, 6.45) is 0.624. The monoisotopic (exact) mass is 406 g/mol. The number of ether oxygens (including phenoxy) is 1. The normalized spacial score (nSPS) is 17.2. The van der Waals surface area contributed by atoms with Crippen molar-refractivity contribution in [3.8, 4) is 5.75 Å². The van der Waals surface area contributed by atoms with Crippen LogP contribution < -0.4 is 10.1 Å². The Balaban J connectivity index is 1.50. The topological polar surface area (TPSA) is 95.0 Å². The number of benzene rings is 1. The van der Waals surface area contributed by atoms with Gasteiger partial charge in [0.05, 0.1) is 0 Å². The molecule has 1 aliphatic heterocycles. The molecular formula is C19H26N4O4S. The molecule has 1 fully saturated rings. The lowest BCUT2D eigenvalue weighted by Crippen LogP contribution is -2.47. The fourth-order valence-corrected chi connectivity index (χ4v) is 4.17. The van der Waals surface area contributed by atoms with E-state index in [1.165, 1.54) is 16.6 Å². The molecule has 1 saturated heterocycles. The van der Waals surface area contributed by atoms with Crippen molar-refractivity contribution in [2.45, 2.75) is 11.0 Å². The Labute approximate surface area is 165 Å². The first-order chi connectivity index (χ1) is 13.4. The lowest BCUT2D eigenvalue weighted by atomic mass is 10.3. The summed E-state index contributed by atoms with van der Waals surface area (Å²) in [5.41, 5.74) is 0. The molecule has 0 radical (unpaired) electrons. The predicted octanol–water partition coefficient (Wildman–Crippen LogP) is 0.869. The molecule has 1 aromatic carbocycles. The molecule has 8 nitrogen and oxygen atoms in total. The molecule has 1 atom stereocenters. The molecule has 1 aliphatic rings. The number of anilines is 1. The van der Waals surface area contributed by atoms with Crippen molar-refractivity contribution in [1.29, 1.82) is 0 Å². The first-order valence-electron chi connectivity index (χ1n) is 9.20. The van der Waals surface area contributed by atoms with E-state index in [2.05, 4.69) is 15.2 Å². The minimum atomic E-state index is -3.53. The molecule has 0 amide bonds. The van der Waals surface area contributed by atoms with Crippen LogP contribution in [0.1, 0.15) is 0 Å². The quantitative estimate of drug-likeness (QED) is 0.672. The van der Waals surface area contributed by atoms with Gasteiger partial charge >= 0.3 is 0 Å². The predicted molar refractivity (Wildman–Crippen MR) is 107 cm³/mol. The molecule has 0 spiro atoms. The van der Waals surface area contributed by atoms with Gasteiger partial charge in [-0.1, -0.05) is 18.2 Å². The second-order valence-corrected chi connectivity index (χ2v) is 8.68. The standard InChI is InChI=1S/C19H26N4O4S/c1-22-9-11-23(12-10-22)28(25,26)18-7-8-19(21-14-18)20-13-16(24)15-27-17-5-3-2-4-6-17/h2-8,14,16,24H,9-13,15H2,1H3,(H,20,21). The number of nitrogens with zero attached hydrogens (tertiary/aromatic N) is 3. The number of aromatic nitrogens is 1. The highest BCUT2D eigenvalue weighted by molar-refractivity contribution is 7.89. The maximum atomic E-state index is 12.7. The summed E-state index contributed by atoms with van der Waals surface area (Å²) >= 11 is 0. The van der Waals surface area contributed by atoms with E-state index >= 15 is 0 Å². The molecule has 0 aliphatic carbocycles. The first-order valence-corrected chi connectivity index (χ1v) is 10.6. The van der Waals surface area contributed by atoms with E-state index in [9.17, 15) is 13.5 Å². The van der Waals surface area contributed by atoms with Crippen LogP contribution in [-0.4, -0.2) is 80.2 Å². The Bertz CT molecular complexity index is 838. The molecule has 1 unspecified atom stereocenters. The number of piperazine rings is 1. The van der Waals surface area contributed by atoms with Crippen molar-refractivity contribution in [3.63, 3.8) is 0 Å². The van der Waals surface area contributed by atoms with Gasteiger partial charge in [-0.2, -0.15) is 4.31 Å². The zero-order valence-corrected chi connectivity index (χ0v) is 16.7. The maximum absolute atomic E-state index is 12.7. The number of rotatable bonds is 8. The van der Waals surface area contributed by atoms with Crippen LogP contribution in [0.4, 0.5) is 5.82 Å². The van der Waals surface area contributed by atoms with Crippen LogP contribution in [0.2, 0.25) is 0 Å². The highest BCUT2D eigenvalue weighted by atomic mass is 32.2. The Morgan fingerprint density at radius 3 is 2.50 bits per heavy atom. The van der Waals surface area contributed by atoms with Crippen LogP contribution in [0, 0.1) is 0 Å². The molecule has 2 aromatic rings. The number of aliphatic hydroxyl groups is 1. The molecule has 28 heavy (non-hydrogen) atoms. The van der Waals surface area contributed by atoms with Gasteiger partial charge in [0.15, 0.2) is 0 Å². The van der Waals surface area contributed by atoms with Crippen LogP contribution in [0.5, 0.6) is 5.75 Å². The summed E-state index contributed by atoms with van der Waals surface area (Å²) in [7, 11) is -1.55. The summed E-state index contributed by atoms with van der Waals surface area (Å²) in [5, 5.41) is 13.0. The van der Waals surface area contributed by atoms with E-state index in [0.717, 1.165) is 13.1 Å². The summed E-state index contributed by atoms with van der Waals surface area (Å²) in [6.45, 7) is 2.78. The molecular weight excluding hydrogens is 380 g/mol. The third kappa shape index (κ3) is 5.41. The first kappa shape index (κ1) is 20.5. The molecule has 152 valence electrons. The van der Waals surface area contributed by atoms with Gasteiger partial charge in [-0.05, 0) is 31.3 Å². The minimum Gasteiger partial charge on any atom is -0.491 e. The average molecular weight is 407 g/mol. The highest BCUT2D eigenvalue weighted by Gasteiger charge is 2.27. The zero-order valence-electron chi connectivity index (χ0n) is 15.9. The second kappa shape index (κ2) is 9.33. The number of aliphatic hydroxyl groups excluding tert-OH is 1. The van der Waals surface area contributed by atoms with Crippen molar-refractivity contribution in [2.75, 3.05) is 51.7 Å². The van der Waals surface area contributed by atoms with Crippen molar-refractivity contribution in [3.05, 3.63) is 48.7 Å². The van der Waals surface area contributed by atoms with Crippen LogP contribution in [0.3, 0.4) is 0 Å². The van der Waals surface area contributed by atoms with Gasteiger partial charge in [0.1, 0.15) is 29.2 Å². The third-order valence-corrected chi connectivity index (χ3v) is 6.42. The molecule has 0 saturated carbocycles. The number of para-hydroxylation sites is 1. The summed E-state index contributed by atoms with van der Waals surface area (Å²) in [5.74, 6) is 1.19. The number of likely N-dealkylation sites (N-methyl/N-ethyl adjacent to an activating group) is 1. The average Bonchev–Trinajstić information content (AvgIpc) is 2.72. The van der Waals surface area contributed by atoms with Crippen LogP contribution >= 0.6 is 0 Å². The Hall–Kier alpha value is -2.20. The van der Waals surface area contributed by atoms with Crippen molar-refractivity contribution in [2.24, 2.45) is 0 Å². The summed E-state index contributed by atoms with van der Waals surface area (Å²) in [4.78, 5) is 6.44. The van der Waals surface area contributed by atoms with E-state index in [4.69, 9.17) is 4.74 Å². The number of nitrogens with one attached hydrogen (secondary N) is 1. The van der Waals surface area contributed by atoms with E-state index in [1.807, 2.05) is 37.4 Å². The molecule has 1 aromatic heterocycles. The minimum absolute atomic E-state index is 0.146. The number of pyridine rings is 1. The molecule has 2 heterocycles. The van der Waals surface area contributed by atoms with Crippen LogP contribution in [0.15, 0.2) is 53.6 Å². The van der Waals surface area contributed by atoms with Gasteiger partial charge in [0.2, 0.25) is 10.0 Å². The number of hydrogen-bond donors (Lipinski definition) is 2. The third-order valence-electron chi connectivity index (χ3n) is 4.54. The van der Waals surface area contributed by atoms with Crippen molar-refractivity contribution < 1.29 is 18.3 Å². The molecule has 2 N–H and O–H groups in total. The largest absolute Gasteiger partial charge is 0.491 e. The van der Waals surface area contributed by atoms with Crippen molar-refractivity contribution >= 4 is 15.8 Å². The van der Waals surface area contributed by atoms with E-state index in [0.29, 0.717) is 24.7 Å². The fraction of sp³-hybridized carbons (Fsp3) is 0.421. The SMILES string of the molecule is CN1CCN(S(=O)(=O)c2ccc(NCC(O)COc3ccccc3)nc2)CC1. The Morgan fingerprint density at radius 2 is 1.86 bits per heavy atom. The highest BCUT2D eigenvalue weighted by Crippen LogP contribution is 2.18. The zero-order chi connectivity index (χ0) is 20.0. The van der Waals surface area contributed by atoms with Gasteiger partial charge in [-0.3, -0.25) is 0 Å². The van der Waals surface area contributed by atoms with E-state index < -0.39 is 16.1 Å². The van der Waals surface area contributed by atoms with E-state index in [1.54, 1.807) is 6.07 Å². The number of hydrogen-bond acceptors (Lipinski definition) is 7. The molecule has 0 bridgehead atoms. The summed E-state index contributed by atoms with van der Waals surface area (Å²) in [6, 6.07) is 12.4. The van der Waals surface area contributed by atoms with Gasteiger partial charge in [0, 0.05) is 38.9 Å². The van der Waals surface area contributed by atoms with Crippen LogP contribution in [-0.2, 0) is 10.0 Å². The van der Waals surface area contributed by atoms with E-state index in [-0.39, 0.29) is 18.0 Å². The smallest absolute Gasteiger partial charge is 0.244 e. The second-order valence-electron chi connectivity index (χ2n) is 6.75. The van der Waals surface area contributed by atoms with Gasteiger partial charge in [-0.15, -0.1) is 0 Å². The Kier molecular flexibility index (Phi) is 6.84. The maximum Gasteiger partial charge on any atom is 0.244 e.